The van der Waals surface area contributed by atoms with E-state index >= 15 is 0 Å². The summed E-state index contributed by atoms with van der Waals surface area (Å²) >= 11 is 0. The van der Waals surface area contributed by atoms with Gasteiger partial charge in [0, 0.05) is 27.7 Å². The molecule has 1 N–H and O–H groups in total. The fourth-order valence-corrected chi connectivity index (χ4v) is 3.07. The molecule has 0 saturated carbocycles. The molecular weight excluding hydrogens is 442 g/mol. The first-order chi connectivity index (χ1) is 15.6. The van der Waals surface area contributed by atoms with Gasteiger partial charge in [-0.15, -0.1) is 5.48 Å². The minimum Gasteiger partial charge on any atom is -0.497 e. The summed E-state index contributed by atoms with van der Waals surface area (Å²) in [5.41, 5.74) is 2.46. The topological polar surface area (TPSA) is 145 Å². The number of carbonyl (C=O) groups excluding carboxylic acids is 4. The van der Waals surface area contributed by atoms with Gasteiger partial charge in [0.15, 0.2) is 12.2 Å². The molecule has 0 amide bonds. The van der Waals surface area contributed by atoms with Crippen LogP contribution in [0.25, 0.3) is 0 Å². The minimum atomic E-state index is -1.23. The molecule has 1 heterocycles. The molecule has 1 fully saturated rings. The summed E-state index contributed by atoms with van der Waals surface area (Å²) < 4.78 is 32.7. The number of esters is 3. The van der Waals surface area contributed by atoms with Crippen molar-refractivity contribution < 1.29 is 52.4 Å². The highest BCUT2D eigenvalue weighted by molar-refractivity contribution is 5.68. The molecule has 0 radical (unpaired) electrons. The molecule has 1 aromatic carbocycles. The number of benzene rings is 1. The molecule has 182 valence electrons. The van der Waals surface area contributed by atoms with Crippen molar-refractivity contribution in [2.75, 3.05) is 13.7 Å². The SMILES string of the molecule is COc1ccc(O[C@@H]2O[C@H](COC(C)=O)[C@H](OC(C)=O)[C@H](OC(C)=O)[C@@H]2NOC(C)=O)cc1. The average Bonchev–Trinajstić information content (AvgIpc) is 2.73. The first kappa shape index (κ1) is 25.9. The van der Waals surface area contributed by atoms with Gasteiger partial charge in [0.05, 0.1) is 7.11 Å². The van der Waals surface area contributed by atoms with Gasteiger partial charge >= 0.3 is 23.9 Å². The van der Waals surface area contributed by atoms with Crippen LogP contribution in [0.1, 0.15) is 27.7 Å². The van der Waals surface area contributed by atoms with Crippen LogP contribution in [0.2, 0.25) is 0 Å². The Morgan fingerprint density at radius 2 is 1.42 bits per heavy atom. The molecule has 1 aliphatic heterocycles. The van der Waals surface area contributed by atoms with Gasteiger partial charge in [-0.3, -0.25) is 19.2 Å². The molecule has 12 heteroatoms. The van der Waals surface area contributed by atoms with E-state index in [2.05, 4.69) is 5.48 Å². The van der Waals surface area contributed by atoms with Crippen LogP contribution >= 0.6 is 0 Å². The molecule has 1 aromatic rings. The number of nitrogens with one attached hydrogen (secondary N) is 1. The van der Waals surface area contributed by atoms with Gasteiger partial charge in [-0.2, -0.15) is 0 Å². The van der Waals surface area contributed by atoms with Crippen LogP contribution in [0.15, 0.2) is 24.3 Å². The molecule has 33 heavy (non-hydrogen) atoms. The molecule has 2 rings (SSSR count). The lowest BCUT2D eigenvalue weighted by Gasteiger charge is -2.44. The largest absolute Gasteiger partial charge is 0.497 e. The Morgan fingerprint density at radius 3 is 1.94 bits per heavy atom. The van der Waals surface area contributed by atoms with Crippen molar-refractivity contribution in [3.05, 3.63) is 24.3 Å². The van der Waals surface area contributed by atoms with Crippen LogP contribution in [0, 0.1) is 0 Å². The highest BCUT2D eigenvalue weighted by Crippen LogP contribution is 2.29. The van der Waals surface area contributed by atoms with Gasteiger partial charge in [0.1, 0.15) is 30.3 Å². The van der Waals surface area contributed by atoms with Gasteiger partial charge in [-0.25, -0.2) is 0 Å². The third kappa shape index (κ3) is 7.91. The van der Waals surface area contributed by atoms with Crippen molar-refractivity contribution in [3.8, 4) is 11.5 Å². The van der Waals surface area contributed by atoms with E-state index in [1.165, 1.54) is 14.0 Å². The number of rotatable bonds is 9. The van der Waals surface area contributed by atoms with E-state index in [1.54, 1.807) is 24.3 Å². The van der Waals surface area contributed by atoms with Crippen LogP contribution in [0.5, 0.6) is 11.5 Å². The molecule has 1 aliphatic rings. The quantitative estimate of drug-likeness (QED) is 0.308. The van der Waals surface area contributed by atoms with Crippen molar-refractivity contribution in [1.82, 2.24) is 5.48 Å². The monoisotopic (exact) mass is 469 g/mol. The second-order valence-corrected chi connectivity index (χ2v) is 7.02. The van der Waals surface area contributed by atoms with E-state index in [4.69, 9.17) is 33.3 Å². The standard InChI is InChI=1S/C21H27NO11/c1-11(23)28-10-17-19(29-12(2)24)20(30-13(3)25)18(22-33-14(4)26)21(32-17)31-16-8-6-15(27-5)7-9-16/h6-9,17-22H,10H2,1-5H3/t17-,18+,19+,20-,21-/m1/s1. The molecule has 5 atom stereocenters. The van der Waals surface area contributed by atoms with E-state index in [0.29, 0.717) is 11.5 Å². The summed E-state index contributed by atoms with van der Waals surface area (Å²) in [4.78, 5) is 51.3. The Hall–Kier alpha value is -3.38. The Kier molecular flexibility index (Phi) is 9.43. The predicted molar refractivity (Wildman–Crippen MR) is 109 cm³/mol. The number of hydrogen-bond acceptors (Lipinski definition) is 12. The zero-order chi connectivity index (χ0) is 24.5. The van der Waals surface area contributed by atoms with Crippen LogP contribution < -0.4 is 15.0 Å². The summed E-state index contributed by atoms with van der Waals surface area (Å²) in [5.74, 6) is -1.77. The number of carbonyl (C=O) groups is 4. The van der Waals surface area contributed by atoms with E-state index in [0.717, 1.165) is 20.8 Å². The minimum absolute atomic E-state index is 0.326. The second-order valence-electron chi connectivity index (χ2n) is 7.02. The Labute approximate surface area is 190 Å². The van der Waals surface area contributed by atoms with E-state index in [9.17, 15) is 19.2 Å². The third-order valence-corrected chi connectivity index (χ3v) is 4.35. The summed E-state index contributed by atoms with van der Waals surface area (Å²) in [6.45, 7) is 4.34. The predicted octanol–water partition coefficient (Wildman–Crippen LogP) is 0.662. The highest BCUT2D eigenvalue weighted by Gasteiger charge is 2.52. The Bertz CT molecular complexity index is 841. The van der Waals surface area contributed by atoms with E-state index < -0.39 is 54.5 Å². The van der Waals surface area contributed by atoms with Crippen LogP contribution in [0.4, 0.5) is 0 Å². The lowest BCUT2D eigenvalue weighted by atomic mass is 9.96. The first-order valence-corrected chi connectivity index (χ1v) is 9.97. The van der Waals surface area contributed by atoms with Crippen LogP contribution in [0.3, 0.4) is 0 Å². The summed E-state index contributed by atoms with van der Waals surface area (Å²) in [6.07, 6.45) is -4.74. The fourth-order valence-electron chi connectivity index (χ4n) is 3.07. The zero-order valence-corrected chi connectivity index (χ0v) is 18.9. The van der Waals surface area contributed by atoms with Crippen molar-refractivity contribution >= 4 is 23.9 Å². The molecule has 0 aromatic heterocycles. The maximum atomic E-state index is 11.9. The maximum absolute atomic E-state index is 11.9. The highest BCUT2D eigenvalue weighted by atomic mass is 16.7. The van der Waals surface area contributed by atoms with Crippen molar-refractivity contribution in [1.29, 1.82) is 0 Å². The van der Waals surface area contributed by atoms with Crippen LogP contribution in [-0.2, 0) is 43.0 Å². The smallest absolute Gasteiger partial charge is 0.321 e. The fraction of sp³-hybridized carbons (Fsp3) is 0.524. The van der Waals surface area contributed by atoms with E-state index in [1.807, 2.05) is 0 Å². The van der Waals surface area contributed by atoms with Gasteiger partial charge in [0.25, 0.3) is 0 Å². The van der Waals surface area contributed by atoms with Crippen molar-refractivity contribution in [3.63, 3.8) is 0 Å². The lowest BCUT2D eigenvalue weighted by Crippen LogP contribution is -2.66. The number of ether oxygens (including phenoxy) is 6. The summed E-state index contributed by atoms with van der Waals surface area (Å²) in [5, 5.41) is 0. The molecular formula is C21H27NO11. The molecule has 0 unspecified atom stereocenters. The van der Waals surface area contributed by atoms with E-state index in [-0.39, 0.29) is 6.61 Å². The van der Waals surface area contributed by atoms with Crippen LogP contribution in [-0.4, -0.2) is 68.2 Å². The number of methoxy groups -OCH3 is 1. The second kappa shape index (κ2) is 12.0. The maximum Gasteiger partial charge on any atom is 0.321 e. The Balaban J connectivity index is 2.42. The van der Waals surface area contributed by atoms with Gasteiger partial charge in [0.2, 0.25) is 6.29 Å². The van der Waals surface area contributed by atoms with Gasteiger partial charge in [-0.05, 0) is 24.3 Å². The summed E-state index contributed by atoms with van der Waals surface area (Å²) in [7, 11) is 1.51. The number of hydrogen-bond donors (Lipinski definition) is 1. The Morgan fingerprint density at radius 1 is 0.848 bits per heavy atom. The lowest BCUT2D eigenvalue weighted by molar-refractivity contribution is -0.268. The van der Waals surface area contributed by atoms with Gasteiger partial charge < -0.3 is 33.3 Å². The van der Waals surface area contributed by atoms with Gasteiger partial charge in [-0.1, -0.05) is 0 Å². The molecule has 1 saturated heterocycles. The molecule has 0 bridgehead atoms. The molecule has 0 aliphatic carbocycles. The van der Waals surface area contributed by atoms with Crippen molar-refractivity contribution in [2.24, 2.45) is 0 Å². The molecule has 12 nitrogen and oxygen atoms in total. The average molecular weight is 469 g/mol. The summed E-state index contributed by atoms with van der Waals surface area (Å²) in [6, 6.07) is 5.37. The number of hydroxylamine groups is 1. The van der Waals surface area contributed by atoms with Crippen molar-refractivity contribution in [2.45, 2.75) is 58.3 Å². The normalized spacial score (nSPS) is 24.2. The molecule has 0 spiro atoms. The first-order valence-electron chi connectivity index (χ1n) is 9.97. The third-order valence-electron chi connectivity index (χ3n) is 4.35. The zero-order valence-electron chi connectivity index (χ0n) is 18.9.